The molecule has 0 atom stereocenters. The number of hydrogen-bond acceptors (Lipinski definition) is 3. The molecular weight excluding hydrogens is 336 g/mol. The third-order valence-corrected chi connectivity index (χ3v) is 4.65. The number of rotatable bonds is 6. The zero-order chi connectivity index (χ0) is 14.4. The lowest BCUT2D eigenvalue weighted by molar-refractivity contribution is 0.0950. The Hall–Kier alpha value is -1.17. The topological polar surface area (TPSA) is 41.1 Å². The first-order valence-corrected chi connectivity index (χ1v) is 8.11. The van der Waals surface area contributed by atoms with Gasteiger partial charge in [-0.05, 0) is 53.6 Å². The van der Waals surface area contributed by atoms with Gasteiger partial charge in [0.2, 0.25) is 0 Å². The Morgan fingerprint density at radius 3 is 2.85 bits per heavy atom. The average molecular weight is 353 g/mol. The lowest BCUT2D eigenvalue weighted by Crippen LogP contribution is -2.24. The number of carbonyl (C=O) groups excluding carboxylic acids is 1. The minimum Gasteiger partial charge on any atom is -0.347 e. The molecule has 0 unspecified atom stereocenters. The molecule has 2 rings (SSSR count). The van der Waals surface area contributed by atoms with Gasteiger partial charge in [-0.25, -0.2) is 0 Å². The second kappa shape index (κ2) is 7.57. The summed E-state index contributed by atoms with van der Waals surface area (Å²) < 4.78 is 1.06. The second-order valence-electron chi connectivity index (χ2n) is 4.42. The predicted octanol–water partition coefficient (Wildman–Crippen LogP) is 3.20. The van der Waals surface area contributed by atoms with Gasteiger partial charge in [-0.2, -0.15) is 0 Å². The highest BCUT2D eigenvalue weighted by molar-refractivity contribution is 9.10. The molecule has 1 aromatic carbocycles. The molecule has 106 valence electrons. The number of benzene rings is 1. The fourth-order valence-electron chi connectivity index (χ4n) is 1.93. The summed E-state index contributed by atoms with van der Waals surface area (Å²) in [7, 11) is 1.91. The van der Waals surface area contributed by atoms with Gasteiger partial charge in [0.1, 0.15) is 0 Å². The fourth-order valence-corrected chi connectivity index (χ4v) is 3.32. The van der Waals surface area contributed by atoms with Crippen molar-refractivity contribution in [1.29, 1.82) is 0 Å². The van der Waals surface area contributed by atoms with Gasteiger partial charge in [-0.15, -0.1) is 11.3 Å². The molecule has 2 aromatic rings. The number of hydrogen-bond donors (Lipinski definition) is 2. The minimum atomic E-state index is -0.0128. The Kier molecular flexibility index (Phi) is 5.76. The number of thiophene rings is 1. The number of likely N-dealkylation sites (N-methyl/N-ethyl adjacent to an activating group) is 1. The first-order valence-electron chi connectivity index (χ1n) is 6.44. The van der Waals surface area contributed by atoms with E-state index in [0.717, 1.165) is 33.4 Å². The van der Waals surface area contributed by atoms with Crippen LogP contribution >= 0.6 is 27.3 Å². The molecule has 0 aliphatic carbocycles. The Balaban J connectivity index is 2.01. The summed E-state index contributed by atoms with van der Waals surface area (Å²) in [5.41, 5.74) is 1.84. The van der Waals surface area contributed by atoms with Crippen LogP contribution in [0, 0.1) is 0 Å². The largest absolute Gasteiger partial charge is 0.347 e. The smallest absolute Gasteiger partial charge is 0.251 e. The highest BCUT2D eigenvalue weighted by Crippen LogP contribution is 2.19. The molecule has 0 aliphatic rings. The van der Waals surface area contributed by atoms with Crippen LogP contribution in [0.15, 0.2) is 40.2 Å². The van der Waals surface area contributed by atoms with Gasteiger partial charge in [0.15, 0.2) is 0 Å². The molecule has 1 aromatic heterocycles. The van der Waals surface area contributed by atoms with E-state index in [4.69, 9.17) is 0 Å². The Labute approximate surface area is 131 Å². The molecule has 1 amide bonds. The van der Waals surface area contributed by atoms with Crippen molar-refractivity contribution in [3.63, 3.8) is 0 Å². The van der Waals surface area contributed by atoms with Crippen LogP contribution in [-0.2, 0) is 13.0 Å². The number of nitrogens with one attached hydrogen (secondary N) is 2. The standard InChI is InChI=1S/C15H17BrN2OS/c1-17-7-6-11-4-2-3-5-14(11)15(19)18-9-13-8-12(16)10-20-13/h2-5,8,10,17H,6-7,9H2,1H3,(H,18,19). The van der Waals surface area contributed by atoms with Crippen LogP contribution in [0.2, 0.25) is 0 Å². The highest BCUT2D eigenvalue weighted by atomic mass is 79.9. The predicted molar refractivity (Wildman–Crippen MR) is 87.3 cm³/mol. The van der Waals surface area contributed by atoms with Crippen LogP contribution < -0.4 is 10.6 Å². The first kappa shape index (κ1) is 15.2. The summed E-state index contributed by atoms with van der Waals surface area (Å²) in [6.07, 6.45) is 0.852. The van der Waals surface area contributed by atoms with Crippen LogP contribution in [0.25, 0.3) is 0 Å². The Bertz CT molecular complexity index is 583. The van der Waals surface area contributed by atoms with E-state index in [1.165, 1.54) is 0 Å². The van der Waals surface area contributed by atoms with Crippen LogP contribution in [0.5, 0.6) is 0 Å². The SMILES string of the molecule is CNCCc1ccccc1C(=O)NCc1cc(Br)cs1. The lowest BCUT2D eigenvalue weighted by atomic mass is 10.0. The molecular formula is C15H17BrN2OS. The van der Waals surface area contributed by atoms with E-state index < -0.39 is 0 Å². The zero-order valence-electron chi connectivity index (χ0n) is 11.3. The van der Waals surface area contributed by atoms with Gasteiger partial charge < -0.3 is 10.6 Å². The normalized spacial score (nSPS) is 10.5. The molecule has 0 saturated carbocycles. The van der Waals surface area contributed by atoms with E-state index in [1.807, 2.05) is 42.8 Å². The van der Waals surface area contributed by atoms with Crippen molar-refractivity contribution >= 4 is 33.2 Å². The summed E-state index contributed by atoms with van der Waals surface area (Å²) in [5.74, 6) is -0.0128. The Morgan fingerprint density at radius 2 is 2.15 bits per heavy atom. The van der Waals surface area contributed by atoms with E-state index in [2.05, 4.69) is 26.6 Å². The third kappa shape index (κ3) is 4.16. The van der Waals surface area contributed by atoms with E-state index >= 15 is 0 Å². The van der Waals surface area contributed by atoms with Crippen molar-refractivity contribution < 1.29 is 4.79 Å². The summed E-state index contributed by atoms with van der Waals surface area (Å²) >= 11 is 5.05. The Morgan fingerprint density at radius 1 is 1.35 bits per heavy atom. The molecule has 0 saturated heterocycles. The molecule has 0 radical (unpaired) electrons. The maximum atomic E-state index is 12.3. The maximum absolute atomic E-state index is 12.3. The van der Waals surface area contributed by atoms with E-state index in [9.17, 15) is 4.79 Å². The van der Waals surface area contributed by atoms with E-state index in [0.29, 0.717) is 6.54 Å². The van der Waals surface area contributed by atoms with Crippen molar-refractivity contribution in [3.8, 4) is 0 Å². The van der Waals surface area contributed by atoms with Crippen LogP contribution in [0.4, 0.5) is 0 Å². The minimum absolute atomic E-state index is 0.0128. The van der Waals surface area contributed by atoms with Gasteiger partial charge >= 0.3 is 0 Å². The lowest BCUT2D eigenvalue weighted by Gasteiger charge is -2.09. The van der Waals surface area contributed by atoms with Gasteiger partial charge in [-0.3, -0.25) is 4.79 Å². The third-order valence-electron chi connectivity index (χ3n) is 2.95. The summed E-state index contributed by atoms with van der Waals surface area (Å²) in [6.45, 7) is 1.43. The van der Waals surface area contributed by atoms with E-state index in [-0.39, 0.29) is 5.91 Å². The first-order chi connectivity index (χ1) is 9.70. The van der Waals surface area contributed by atoms with Crippen molar-refractivity contribution in [2.45, 2.75) is 13.0 Å². The van der Waals surface area contributed by atoms with Gasteiger partial charge in [0, 0.05) is 20.3 Å². The maximum Gasteiger partial charge on any atom is 0.251 e. The second-order valence-corrected chi connectivity index (χ2v) is 6.34. The molecule has 0 bridgehead atoms. The monoisotopic (exact) mass is 352 g/mol. The average Bonchev–Trinajstić information content (AvgIpc) is 2.88. The summed E-state index contributed by atoms with van der Waals surface area (Å²) in [6, 6.07) is 9.79. The number of carbonyl (C=O) groups is 1. The van der Waals surface area contributed by atoms with Gasteiger partial charge in [0.25, 0.3) is 5.91 Å². The molecule has 1 heterocycles. The van der Waals surface area contributed by atoms with Crippen molar-refractivity contribution in [1.82, 2.24) is 10.6 Å². The molecule has 5 heteroatoms. The van der Waals surface area contributed by atoms with E-state index in [1.54, 1.807) is 11.3 Å². The van der Waals surface area contributed by atoms with Crippen LogP contribution in [0.1, 0.15) is 20.8 Å². The van der Waals surface area contributed by atoms with Crippen LogP contribution in [0.3, 0.4) is 0 Å². The van der Waals surface area contributed by atoms with Crippen molar-refractivity contribution in [2.24, 2.45) is 0 Å². The highest BCUT2D eigenvalue weighted by Gasteiger charge is 2.10. The molecule has 0 fully saturated rings. The molecule has 0 aliphatic heterocycles. The van der Waals surface area contributed by atoms with Crippen molar-refractivity contribution in [3.05, 3.63) is 56.2 Å². The van der Waals surface area contributed by atoms with Crippen LogP contribution in [-0.4, -0.2) is 19.5 Å². The van der Waals surface area contributed by atoms with Gasteiger partial charge in [0.05, 0.1) is 6.54 Å². The molecule has 20 heavy (non-hydrogen) atoms. The fraction of sp³-hybridized carbons (Fsp3) is 0.267. The van der Waals surface area contributed by atoms with Crippen molar-refractivity contribution in [2.75, 3.05) is 13.6 Å². The molecule has 2 N–H and O–H groups in total. The summed E-state index contributed by atoms with van der Waals surface area (Å²) in [5, 5.41) is 8.10. The van der Waals surface area contributed by atoms with Gasteiger partial charge in [-0.1, -0.05) is 18.2 Å². The number of halogens is 1. The molecule has 0 spiro atoms. The quantitative estimate of drug-likeness (QED) is 0.837. The number of amides is 1. The summed E-state index contributed by atoms with van der Waals surface area (Å²) in [4.78, 5) is 13.4. The zero-order valence-corrected chi connectivity index (χ0v) is 13.7. The molecule has 3 nitrogen and oxygen atoms in total.